The molecule has 0 aliphatic carbocycles. The summed E-state index contributed by atoms with van der Waals surface area (Å²) < 4.78 is 8.09. The van der Waals surface area contributed by atoms with Crippen molar-refractivity contribution in [3.63, 3.8) is 0 Å². The van der Waals surface area contributed by atoms with Crippen LogP contribution in [0.2, 0.25) is 0 Å². The van der Waals surface area contributed by atoms with Gasteiger partial charge < -0.3 is 20.8 Å². The Kier molecular flexibility index (Phi) is 7.12. The van der Waals surface area contributed by atoms with E-state index < -0.39 is 0 Å². The molecule has 3 rings (SSSR count). The van der Waals surface area contributed by atoms with Gasteiger partial charge in [0.1, 0.15) is 5.75 Å². The normalized spacial score (nSPS) is 11.0. The van der Waals surface area contributed by atoms with E-state index in [2.05, 4.69) is 23.6 Å². The number of carbonyl (C=O) groups is 2. The minimum atomic E-state index is -0.348. The first-order chi connectivity index (χ1) is 14.5. The maximum atomic E-state index is 11.8. The minimum Gasteiger partial charge on any atom is -0.494 e. The molecule has 4 N–H and O–H groups in total. The highest BCUT2D eigenvalue weighted by atomic mass is 16.5. The predicted molar refractivity (Wildman–Crippen MR) is 118 cm³/mol. The lowest BCUT2D eigenvalue weighted by Crippen LogP contribution is -2.15. The van der Waals surface area contributed by atoms with Gasteiger partial charge in [0.05, 0.1) is 13.0 Å². The van der Waals surface area contributed by atoms with Crippen LogP contribution in [0.15, 0.2) is 48.5 Å². The maximum absolute atomic E-state index is 11.8. The Morgan fingerprint density at radius 1 is 1.03 bits per heavy atom. The fourth-order valence-electron chi connectivity index (χ4n) is 3.90. The summed E-state index contributed by atoms with van der Waals surface area (Å²) in [6.07, 6.45) is 2.77. The highest BCUT2D eigenvalue weighted by Gasteiger charge is 2.18. The third-order valence-electron chi connectivity index (χ3n) is 5.25. The van der Waals surface area contributed by atoms with Gasteiger partial charge in [-0.3, -0.25) is 9.59 Å². The van der Waals surface area contributed by atoms with Gasteiger partial charge in [-0.15, -0.1) is 0 Å². The standard InChI is InChI=1S/C24H29N3O3/c1-2-21-20(16-24(26)29)19-15-18(30-14-6-9-23(25)28)10-11-22(19)27(21)13-12-17-7-4-3-5-8-17/h3-5,7-8,10-11,15H,2,6,9,12-14,16H2,1H3,(H2,25,28)(H2,26,29). The van der Waals surface area contributed by atoms with Crippen molar-refractivity contribution in [2.45, 2.75) is 45.6 Å². The Morgan fingerprint density at radius 3 is 2.47 bits per heavy atom. The molecule has 0 atom stereocenters. The number of ether oxygens (including phenoxy) is 1. The highest BCUT2D eigenvalue weighted by molar-refractivity contribution is 5.91. The van der Waals surface area contributed by atoms with Crippen molar-refractivity contribution in [3.8, 4) is 5.75 Å². The zero-order valence-corrected chi connectivity index (χ0v) is 17.4. The summed E-state index contributed by atoms with van der Waals surface area (Å²) in [7, 11) is 0. The number of benzene rings is 2. The molecule has 0 aliphatic rings. The SMILES string of the molecule is CCc1c(CC(N)=O)c2cc(OCCCC(N)=O)ccc2n1CCc1ccccc1. The second-order valence-corrected chi connectivity index (χ2v) is 7.41. The Morgan fingerprint density at radius 2 is 1.80 bits per heavy atom. The summed E-state index contributed by atoms with van der Waals surface area (Å²) in [5, 5.41) is 0.992. The van der Waals surface area contributed by atoms with Crippen LogP contribution in [0.4, 0.5) is 0 Å². The van der Waals surface area contributed by atoms with E-state index >= 15 is 0 Å². The number of nitrogens with two attached hydrogens (primary N) is 2. The molecule has 0 unspecified atom stereocenters. The third-order valence-corrected chi connectivity index (χ3v) is 5.25. The van der Waals surface area contributed by atoms with Gasteiger partial charge in [-0.2, -0.15) is 0 Å². The van der Waals surface area contributed by atoms with Gasteiger partial charge in [-0.05, 0) is 48.6 Å². The molecule has 0 spiro atoms. The van der Waals surface area contributed by atoms with E-state index in [4.69, 9.17) is 16.2 Å². The van der Waals surface area contributed by atoms with E-state index in [9.17, 15) is 9.59 Å². The van der Waals surface area contributed by atoms with Crippen LogP contribution >= 0.6 is 0 Å². The summed E-state index contributed by atoms with van der Waals surface area (Å²) in [6, 6.07) is 16.3. The van der Waals surface area contributed by atoms with Crippen LogP contribution < -0.4 is 16.2 Å². The molecule has 0 saturated heterocycles. The number of carbonyl (C=O) groups excluding carboxylic acids is 2. The molecule has 6 heteroatoms. The first-order valence-electron chi connectivity index (χ1n) is 10.4. The van der Waals surface area contributed by atoms with Gasteiger partial charge >= 0.3 is 0 Å². The van der Waals surface area contributed by atoms with Crippen LogP contribution in [0.5, 0.6) is 5.75 Å². The summed E-state index contributed by atoms with van der Waals surface area (Å²) in [5.74, 6) is 0.0287. The van der Waals surface area contributed by atoms with Crippen molar-refractivity contribution in [2.24, 2.45) is 11.5 Å². The van der Waals surface area contributed by atoms with E-state index in [-0.39, 0.29) is 18.2 Å². The number of nitrogens with zero attached hydrogens (tertiary/aromatic N) is 1. The summed E-state index contributed by atoms with van der Waals surface area (Å²) in [6.45, 7) is 3.33. The predicted octanol–water partition coefficient (Wildman–Crippen LogP) is 3.12. The number of rotatable bonds is 11. The maximum Gasteiger partial charge on any atom is 0.221 e. The van der Waals surface area contributed by atoms with Gasteiger partial charge in [0.25, 0.3) is 0 Å². The average Bonchev–Trinajstić information content (AvgIpc) is 3.01. The van der Waals surface area contributed by atoms with Crippen molar-refractivity contribution in [3.05, 3.63) is 65.4 Å². The number of aromatic nitrogens is 1. The lowest BCUT2D eigenvalue weighted by molar-refractivity contribution is -0.118. The Labute approximate surface area is 176 Å². The molecular formula is C24H29N3O3. The van der Waals surface area contributed by atoms with E-state index in [1.807, 2.05) is 36.4 Å². The molecule has 6 nitrogen and oxygen atoms in total. The van der Waals surface area contributed by atoms with Crippen LogP contribution in [0, 0.1) is 0 Å². The zero-order valence-electron chi connectivity index (χ0n) is 17.4. The fraction of sp³-hybridized carbons (Fsp3) is 0.333. The van der Waals surface area contributed by atoms with E-state index in [1.54, 1.807) is 0 Å². The summed E-state index contributed by atoms with van der Waals surface area (Å²) in [5.41, 5.74) is 15.2. The number of primary amides is 2. The monoisotopic (exact) mass is 407 g/mol. The lowest BCUT2D eigenvalue weighted by atomic mass is 10.1. The molecule has 30 heavy (non-hydrogen) atoms. The number of hydrogen-bond donors (Lipinski definition) is 2. The highest BCUT2D eigenvalue weighted by Crippen LogP contribution is 2.31. The number of aryl methyl sites for hydroxylation is 2. The second kappa shape index (κ2) is 9.96. The molecule has 0 radical (unpaired) electrons. The van der Waals surface area contributed by atoms with Gasteiger partial charge in [-0.25, -0.2) is 0 Å². The summed E-state index contributed by atoms with van der Waals surface area (Å²) in [4.78, 5) is 22.7. The van der Waals surface area contributed by atoms with Crippen LogP contribution in [0.1, 0.15) is 36.6 Å². The van der Waals surface area contributed by atoms with Crippen molar-refractivity contribution >= 4 is 22.7 Å². The smallest absolute Gasteiger partial charge is 0.221 e. The van der Waals surface area contributed by atoms with Gasteiger partial charge in [-0.1, -0.05) is 37.3 Å². The van der Waals surface area contributed by atoms with Gasteiger partial charge in [0, 0.05) is 29.6 Å². The van der Waals surface area contributed by atoms with Gasteiger partial charge in [0.2, 0.25) is 11.8 Å². The molecule has 2 amide bonds. The molecule has 0 aliphatic heterocycles. The van der Waals surface area contributed by atoms with E-state index in [1.165, 1.54) is 5.56 Å². The zero-order chi connectivity index (χ0) is 21.5. The van der Waals surface area contributed by atoms with Crippen LogP contribution in [0.25, 0.3) is 10.9 Å². The minimum absolute atomic E-state index is 0.198. The molecule has 1 aromatic heterocycles. The molecular weight excluding hydrogens is 378 g/mol. The first kappa shape index (κ1) is 21.4. The summed E-state index contributed by atoms with van der Waals surface area (Å²) >= 11 is 0. The quantitative estimate of drug-likeness (QED) is 0.478. The van der Waals surface area contributed by atoms with Crippen molar-refractivity contribution in [1.29, 1.82) is 0 Å². The number of amides is 2. The Bertz CT molecular complexity index is 1030. The topological polar surface area (TPSA) is 100 Å². The number of hydrogen-bond acceptors (Lipinski definition) is 3. The van der Waals surface area contributed by atoms with Crippen molar-refractivity contribution in [1.82, 2.24) is 4.57 Å². The molecule has 2 aromatic carbocycles. The molecule has 158 valence electrons. The third kappa shape index (κ3) is 5.20. The average molecular weight is 408 g/mol. The van der Waals surface area contributed by atoms with Crippen LogP contribution in [-0.4, -0.2) is 23.0 Å². The first-order valence-corrected chi connectivity index (χ1v) is 10.4. The Balaban J connectivity index is 1.92. The van der Waals surface area contributed by atoms with Gasteiger partial charge in [0.15, 0.2) is 0 Å². The lowest BCUT2D eigenvalue weighted by Gasteiger charge is -2.11. The fourth-order valence-corrected chi connectivity index (χ4v) is 3.90. The van der Waals surface area contributed by atoms with Crippen molar-refractivity contribution in [2.75, 3.05) is 6.61 Å². The molecule has 0 bridgehead atoms. The second-order valence-electron chi connectivity index (χ2n) is 7.41. The number of fused-ring (bicyclic) bond motifs is 1. The van der Waals surface area contributed by atoms with E-state index in [0.717, 1.165) is 41.5 Å². The Hall–Kier alpha value is -3.28. The molecule has 0 saturated carbocycles. The van der Waals surface area contributed by atoms with Crippen LogP contribution in [0.3, 0.4) is 0 Å². The van der Waals surface area contributed by atoms with Crippen LogP contribution in [-0.2, 0) is 35.4 Å². The van der Waals surface area contributed by atoms with E-state index in [0.29, 0.717) is 25.2 Å². The molecule has 0 fully saturated rings. The largest absolute Gasteiger partial charge is 0.494 e. The molecule has 3 aromatic rings. The molecule has 1 heterocycles. The van der Waals surface area contributed by atoms with Crippen molar-refractivity contribution < 1.29 is 14.3 Å².